The fourth-order valence-corrected chi connectivity index (χ4v) is 3.46. The molecule has 0 aromatic heterocycles. The van der Waals surface area contributed by atoms with Crippen LogP contribution in [0.15, 0.2) is 24.3 Å². The number of ether oxygens (including phenoxy) is 1. The number of hydrogen-bond acceptors (Lipinski definition) is 4. The smallest absolute Gasteiger partial charge is 0.264 e. The number of rotatable bonds is 2. The number of benzene rings is 1. The molecule has 1 aromatic carbocycles. The highest BCUT2D eigenvalue weighted by Gasteiger charge is 2.58. The number of Topliss-reactive ketones (excluding diaryl/α,β-unsaturated/α-hetero) is 1. The summed E-state index contributed by atoms with van der Waals surface area (Å²) in [5.41, 5.74) is -1.19. The molecule has 2 heterocycles. The molecule has 1 fully saturated rings. The Morgan fingerprint density at radius 1 is 1.32 bits per heavy atom. The first-order valence-corrected chi connectivity index (χ1v) is 7.62. The molecule has 2 aliphatic heterocycles. The van der Waals surface area contributed by atoms with Crippen molar-refractivity contribution >= 4 is 17.4 Å². The number of ketones is 1. The number of carbonyl (C=O) groups excluding carboxylic acids is 2. The SMILES string of the molecule is CCN1C(=O)[C@@](O)([C@@H]2COC(C)(C)CC2=O)c2ccccc21. The van der Waals surface area contributed by atoms with Gasteiger partial charge in [-0.2, -0.15) is 0 Å². The Balaban J connectivity index is 2.06. The van der Waals surface area contributed by atoms with E-state index in [0.29, 0.717) is 17.8 Å². The van der Waals surface area contributed by atoms with Crippen molar-refractivity contribution < 1.29 is 19.4 Å². The van der Waals surface area contributed by atoms with Gasteiger partial charge in [0.2, 0.25) is 0 Å². The molecule has 5 nitrogen and oxygen atoms in total. The highest BCUT2D eigenvalue weighted by atomic mass is 16.5. The third-order valence-electron chi connectivity index (χ3n) is 4.63. The van der Waals surface area contributed by atoms with Crippen LogP contribution in [-0.4, -0.2) is 35.5 Å². The maximum absolute atomic E-state index is 12.8. The summed E-state index contributed by atoms with van der Waals surface area (Å²) in [5, 5.41) is 11.2. The van der Waals surface area contributed by atoms with E-state index in [1.165, 1.54) is 4.90 Å². The lowest BCUT2D eigenvalue weighted by molar-refractivity contribution is -0.172. The quantitative estimate of drug-likeness (QED) is 0.901. The van der Waals surface area contributed by atoms with Gasteiger partial charge in [0.15, 0.2) is 5.60 Å². The second-order valence-corrected chi connectivity index (χ2v) is 6.60. The van der Waals surface area contributed by atoms with Crippen LogP contribution < -0.4 is 4.90 Å². The number of anilines is 1. The molecule has 0 spiro atoms. The first-order chi connectivity index (χ1) is 10.3. The lowest BCUT2D eigenvalue weighted by atomic mass is 9.76. The van der Waals surface area contributed by atoms with Crippen molar-refractivity contribution in [2.45, 2.75) is 38.4 Å². The van der Waals surface area contributed by atoms with Crippen LogP contribution >= 0.6 is 0 Å². The first-order valence-electron chi connectivity index (χ1n) is 7.62. The van der Waals surface area contributed by atoms with Crippen molar-refractivity contribution in [2.24, 2.45) is 5.92 Å². The molecule has 1 aromatic rings. The Kier molecular flexibility index (Phi) is 3.38. The van der Waals surface area contributed by atoms with Crippen LogP contribution in [0.2, 0.25) is 0 Å². The van der Waals surface area contributed by atoms with Gasteiger partial charge in [-0.1, -0.05) is 18.2 Å². The van der Waals surface area contributed by atoms with Crippen molar-refractivity contribution in [3.63, 3.8) is 0 Å². The van der Waals surface area contributed by atoms with Crippen LogP contribution in [0.4, 0.5) is 5.69 Å². The van der Waals surface area contributed by atoms with E-state index in [0.717, 1.165) is 0 Å². The first kappa shape index (κ1) is 15.2. The zero-order valence-electron chi connectivity index (χ0n) is 13.1. The van der Waals surface area contributed by atoms with Gasteiger partial charge in [0.25, 0.3) is 5.91 Å². The monoisotopic (exact) mass is 303 g/mol. The molecule has 2 atom stereocenters. The number of carbonyl (C=O) groups is 2. The van der Waals surface area contributed by atoms with Crippen molar-refractivity contribution in [1.82, 2.24) is 0 Å². The zero-order valence-corrected chi connectivity index (χ0v) is 13.1. The highest BCUT2D eigenvalue weighted by molar-refractivity contribution is 6.09. The molecular formula is C17H21NO4. The van der Waals surface area contributed by atoms with E-state index in [9.17, 15) is 14.7 Å². The Morgan fingerprint density at radius 3 is 2.64 bits per heavy atom. The molecule has 22 heavy (non-hydrogen) atoms. The molecule has 0 bridgehead atoms. The van der Waals surface area contributed by atoms with Crippen molar-refractivity contribution in [1.29, 1.82) is 0 Å². The Morgan fingerprint density at radius 2 is 2.00 bits per heavy atom. The third kappa shape index (κ3) is 2.00. The number of para-hydroxylation sites is 1. The van der Waals surface area contributed by atoms with Crippen LogP contribution in [0.5, 0.6) is 0 Å². The summed E-state index contributed by atoms with van der Waals surface area (Å²) in [5.74, 6) is -1.41. The molecule has 1 N–H and O–H groups in total. The minimum Gasteiger partial charge on any atom is -0.375 e. The van der Waals surface area contributed by atoms with Gasteiger partial charge in [0, 0.05) is 18.5 Å². The third-order valence-corrected chi connectivity index (χ3v) is 4.63. The minimum absolute atomic E-state index is 0.0555. The Bertz CT molecular complexity index is 639. The van der Waals surface area contributed by atoms with Crippen LogP contribution in [0, 0.1) is 5.92 Å². The maximum Gasteiger partial charge on any atom is 0.264 e. The molecular weight excluding hydrogens is 282 g/mol. The summed E-state index contributed by atoms with van der Waals surface area (Å²) in [4.78, 5) is 26.9. The number of hydrogen-bond donors (Lipinski definition) is 1. The largest absolute Gasteiger partial charge is 0.375 e. The number of fused-ring (bicyclic) bond motifs is 1. The summed E-state index contributed by atoms with van der Waals surface area (Å²) in [6.45, 7) is 6.04. The second-order valence-electron chi connectivity index (χ2n) is 6.60. The second kappa shape index (κ2) is 4.89. The fourth-order valence-electron chi connectivity index (χ4n) is 3.46. The predicted molar refractivity (Wildman–Crippen MR) is 81.5 cm³/mol. The molecule has 5 heteroatoms. The van der Waals surface area contributed by atoms with Gasteiger partial charge in [0.05, 0.1) is 23.8 Å². The predicted octanol–water partition coefficient (Wildman–Crippen LogP) is 1.62. The molecule has 1 saturated heterocycles. The van der Waals surface area contributed by atoms with Crippen molar-refractivity contribution in [3.8, 4) is 0 Å². The summed E-state index contributed by atoms with van der Waals surface area (Å²) in [6, 6.07) is 7.11. The van der Waals surface area contributed by atoms with Gasteiger partial charge >= 0.3 is 0 Å². The van der Waals surface area contributed by atoms with Gasteiger partial charge < -0.3 is 14.7 Å². The van der Waals surface area contributed by atoms with Crippen LogP contribution in [0.25, 0.3) is 0 Å². The summed E-state index contributed by atoms with van der Waals surface area (Å²) in [7, 11) is 0. The van der Waals surface area contributed by atoms with Gasteiger partial charge in [-0.15, -0.1) is 0 Å². The average Bonchev–Trinajstić information content (AvgIpc) is 2.67. The van der Waals surface area contributed by atoms with Crippen molar-refractivity contribution in [3.05, 3.63) is 29.8 Å². The molecule has 0 aliphatic carbocycles. The molecule has 0 unspecified atom stereocenters. The number of amides is 1. The summed E-state index contributed by atoms with van der Waals surface area (Å²) in [6.07, 6.45) is 0.196. The summed E-state index contributed by atoms with van der Waals surface area (Å²) >= 11 is 0. The van der Waals surface area contributed by atoms with Gasteiger partial charge in [-0.05, 0) is 26.8 Å². The topological polar surface area (TPSA) is 66.8 Å². The lowest BCUT2D eigenvalue weighted by Crippen LogP contribution is -2.54. The van der Waals surface area contributed by atoms with E-state index < -0.39 is 23.0 Å². The Labute approximate surface area is 129 Å². The van der Waals surface area contributed by atoms with Crippen LogP contribution in [0.1, 0.15) is 32.8 Å². The van der Waals surface area contributed by atoms with E-state index in [1.54, 1.807) is 18.2 Å². The van der Waals surface area contributed by atoms with Gasteiger partial charge in [-0.3, -0.25) is 9.59 Å². The molecule has 3 rings (SSSR count). The number of likely N-dealkylation sites (N-methyl/N-ethyl adjacent to an activating group) is 1. The number of aliphatic hydroxyl groups is 1. The van der Waals surface area contributed by atoms with Crippen LogP contribution in [0.3, 0.4) is 0 Å². The zero-order chi connectivity index (χ0) is 16.1. The maximum atomic E-state index is 12.8. The summed E-state index contributed by atoms with van der Waals surface area (Å²) < 4.78 is 5.71. The fraction of sp³-hybridized carbons (Fsp3) is 0.529. The van der Waals surface area contributed by atoms with Gasteiger partial charge in [-0.25, -0.2) is 0 Å². The molecule has 118 valence electrons. The van der Waals surface area contributed by atoms with E-state index in [-0.39, 0.29) is 18.8 Å². The van der Waals surface area contributed by atoms with E-state index >= 15 is 0 Å². The molecule has 0 saturated carbocycles. The van der Waals surface area contributed by atoms with Gasteiger partial charge in [0.1, 0.15) is 5.78 Å². The van der Waals surface area contributed by atoms with E-state index in [1.807, 2.05) is 26.8 Å². The lowest BCUT2D eigenvalue weighted by Gasteiger charge is -2.39. The van der Waals surface area contributed by atoms with Crippen molar-refractivity contribution in [2.75, 3.05) is 18.1 Å². The normalized spacial score (nSPS) is 30.5. The molecule has 0 radical (unpaired) electrons. The Hall–Kier alpha value is -1.72. The average molecular weight is 303 g/mol. The van der Waals surface area contributed by atoms with E-state index in [2.05, 4.69) is 0 Å². The standard InChI is InChI=1S/C17H21NO4/c1-4-18-13-8-6-5-7-11(13)17(21,15(18)20)12-10-22-16(2,3)9-14(12)19/h5-8,12,21H,4,9-10H2,1-3H3/t12-,17+/m1/s1. The number of nitrogens with zero attached hydrogens (tertiary/aromatic N) is 1. The minimum atomic E-state index is -1.82. The van der Waals surface area contributed by atoms with E-state index in [4.69, 9.17) is 4.74 Å². The highest BCUT2D eigenvalue weighted by Crippen LogP contribution is 2.46. The molecule has 1 amide bonds. The molecule has 2 aliphatic rings. The van der Waals surface area contributed by atoms with Crippen LogP contribution in [-0.2, 0) is 19.9 Å².